The van der Waals surface area contributed by atoms with Gasteiger partial charge in [-0.15, -0.1) is 0 Å². The highest BCUT2D eigenvalue weighted by Gasteiger charge is 2.32. The lowest BCUT2D eigenvalue weighted by Crippen LogP contribution is -2.38. The van der Waals surface area contributed by atoms with E-state index in [4.69, 9.17) is 21.1 Å². The van der Waals surface area contributed by atoms with E-state index in [9.17, 15) is 8.78 Å². The third-order valence-corrected chi connectivity index (χ3v) is 3.10. The quantitative estimate of drug-likeness (QED) is 0.791. The first-order chi connectivity index (χ1) is 8.38. The highest BCUT2D eigenvalue weighted by molar-refractivity contribution is 6.29. The van der Waals surface area contributed by atoms with Crippen LogP contribution in [-0.2, 0) is 10.7 Å². The molecule has 2 rings (SSSR count). The molecule has 3 nitrogen and oxygen atoms in total. The van der Waals surface area contributed by atoms with Crippen molar-refractivity contribution in [3.63, 3.8) is 0 Å². The van der Waals surface area contributed by atoms with Crippen LogP contribution in [0.4, 0.5) is 8.78 Å². The van der Waals surface area contributed by atoms with Crippen molar-refractivity contribution < 1.29 is 18.3 Å². The van der Waals surface area contributed by atoms with E-state index in [0.29, 0.717) is 5.75 Å². The normalized spacial score (nSPS) is 23.6. The summed E-state index contributed by atoms with van der Waals surface area (Å²) in [5.41, 5.74) is -0.382. The van der Waals surface area contributed by atoms with Crippen molar-refractivity contribution in [2.75, 3.05) is 7.11 Å². The Kier molecular flexibility index (Phi) is 3.73. The van der Waals surface area contributed by atoms with Gasteiger partial charge in [0.2, 0.25) is 0 Å². The van der Waals surface area contributed by atoms with Crippen molar-refractivity contribution in [3.05, 3.63) is 23.0 Å². The van der Waals surface area contributed by atoms with Crippen molar-refractivity contribution >= 4 is 11.6 Å². The second-order valence-electron chi connectivity index (χ2n) is 4.47. The van der Waals surface area contributed by atoms with Crippen LogP contribution in [0.3, 0.4) is 0 Å². The highest BCUT2D eigenvalue weighted by atomic mass is 35.5. The average molecular weight is 278 g/mol. The number of hydrogen-bond acceptors (Lipinski definition) is 3. The molecule has 1 aromatic heterocycles. The van der Waals surface area contributed by atoms with Crippen LogP contribution in [0.2, 0.25) is 5.15 Å². The Bertz CT molecular complexity index is 431. The Hall–Kier alpha value is -0.940. The van der Waals surface area contributed by atoms with E-state index in [-0.39, 0.29) is 23.1 Å². The monoisotopic (exact) mass is 277 g/mol. The van der Waals surface area contributed by atoms with Crippen molar-refractivity contribution in [1.29, 1.82) is 0 Å². The van der Waals surface area contributed by atoms with Gasteiger partial charge in [-0.1, -0.05) is 11.6 Å². The van der Waals surface area contributed by atoms with E-state index < -0.39 is 5.92 Å². The molecule has 1 fully saturated rings. The van der Waals surface area contributed by atoms with Crippen LogP contribution in [0.25, 0.3) is 0 Å². The molecule has 0 atom stereocenters. The zero-order valence-electron chi connectivity index (χ0n) is 10.1. The van der Waals surface area contributed by atoms with Gasteiger partial charge in [-0.05, 0) is 0 Å². The van der Waals surface area contributed by atoms with Crippen LogP contribution in [0.5, 0.6) is 5.75 Å². The summed E-state index contributed by atoms with van der Waals surface area (Å²) in [7, 11) is 1.64. The summed E-state index contributed by atoms with van der Waals surface area (Å²) in [5.74, 6) is -2.70. The molecular formula is C12H14ClF2NO2. The minimum atomic E-state index is -3.03. The van der Waals surface area contributed by atoms with Crippen LogP contribution in [0, 0.1) is 0 Å². The molecule has 0 spiro atoms. The molecule has 0 N–H and O–H groups in total. The number of alkyl halides is 2. The molecule has 0 bridgehead atoms. The largest absolute Gasteiger partial charge is 0.490 e. The van der Waals surface area contributed by atoms with Crippen molar-refractivity contribution in [2.24, 2.45) is 0 Å². The summed E-state index contributed by atoms with van der Waals surface area (Å²) in [6, 6.07) is 2.67. The molecule has 0 saturated heterocycles. The average Bonchev–Trinajstić information content (AvgIpc) is 2.20. The Labute approximate surface area is 109 Å². The Morgan fingerprint density at radius 1 is 1.33 bits per heavy atom. The Morgan fingerprint density at radius 3 is 2.56 bits per heavy atom. The van der Waals surface area contributed by atoms with Crippen LogP contribution in [0.15, 0.2) is 12.1 Å². The third kappa shape index (κ3) is 3.09. The summed E-state index contributed by atoms with van der Waals surface area (Å²) in [6.07, 6.45) is 1.70. The van der Waals surface area contributed by atoms with Crippen molar-refractivity contribution in [1.82, 2.24) is 4.98 Å². The maximum Gasteiger partial charge on any atom is 0.287 e. The molecule has 0 radical (unpaired) electrons. The van der Waals surface area contributed by atoms with Gasteiger partial charge in [-0.2, -0.15) is 8.78 Å². The summed E-state index contributed by atoms with van der Waals surface area (Å²) >= 11 is 5.71. The van der Waals surface area contributed by atoms with Crippen LogP contribution in [-0.4, -0.2) is 24.3 Å². The third-order valence-electron chi connectivity index (χ3n) is 2.91. The number of hydrogen-bond donors (Lipinski definition) is 0. The number of halogens is 3. The van der Waals surface area contributed by atoms with Crippen LogP contribution < -0.4 is 4.74 Å². The second kappa shape index (κ2) is 4.97. The lowest BCUT2D eigenvalue weighted by atomic mass is 9.92. The number of nitrogens with zero attached hydrogens (tertiary/aromatic N) is 1. The van der Waals surface area contributed by atoms with Gasteiger partial charge in [0.05, 0.1) is 6.10 Å². The molecule has 100 valence electrons. The predicted molar refractivity (Wildman–Crippen MR) is 63.3 cm³/mol. The topological polar surface area (TPSA) is 31.4 Å². The zero-order chi connectivity index (χ0) is 13.3. The van der Waals surface area contributed by atoms with Gasteiger partial charge in [0.1, 0.15) is 22.7 Å². The number of ether oxygens (including phenoxy) is 2. The van der Waals surface area contributed by atoms with Gasteiger partial charge in [-0.3, -0.25) is 0 Å². The van der Waals surface area contributed by atoms with E-state index in [0.717, 1.165) is 19.8 Å². The molecule has 6 heteroatoms. The van der Waals surface area contributed by atoms with Gasteiger partial charge in [0.15, 0.2) is 0 Å². The fourth-order valence-corrected chi connectivity index (χ4v) is 1.96. The number of pyridine rings is 1. The number of methoxy groups -OCH3 is 1. The molecule has 1 heterocycles. The van der Waals surface area contributed by atoms with E-state index >= 15 is 0 Å². The maximum absolute atomic E-state index is 13.2. The first-order valence-corrected chi connectivity index (χ1v) is 6.01. The minimum absolute atomic E-state index is 0.00615. The first kappa shape index (κ1) is 13.5. The molecule has 1 aliphatic carbocycles. The van der Waals surface area contributed by atoms with E-state index in [1.165, 1.54) is 12.1 Å². The van der Waals surface area contributed by atoms with Gasteiger partial charge < -0.3 is 9.47 Å². The van der Waals surface area contributed by atoms with E-state index in [1.54, 1.807) is 7.11 Å². The fraction of sp³-hybridized carbons (Fsp3) is 0.583. The molecule has 0 aliphatic heterocycles. The van der Waals surface area contributed by atoms with E-state index in [2.05, 4.69) is 4.98 Å². The fourth-order valence-electron chi connectivity index (χ4n) is 1.76. The van der Waals surface area contributed by atoms with Crippen LogP contribution in [0.1, 0.15) is 25.5 Å². The lowest BCUT2D eigenvalue weighted by Gasteiger charge is -2.34. The maximum atomic E-state index is 13.2. The summed E-state index contributed by atoms with van der Waals surface area (Å²) in [5, 5.41) is 0.00615. The molecule has 0 aromatic carbocycles. The standard InChI is InChI=1S/C12H14ClF2NO2/c1-12(14,15)10-5-9(6-11(13)16-10)18-8-3-7(4-8)17-2/h5-8H,3-4H2,1-2H3. The Balaban J connectivity index is 2.07. The number of aromatic nitrogens is 1. The van der Waals surface area contributed by atoms with Gasteiger partial charge in [0.25, 0.3) is 5.92 Å². The molecule has 1 aliphatic rings. The number of rotatable bonds is 4. The predicted octanol–water partition coefficient (Wildman–Crippen LogP) is 3.40. The summed E-state index contributed by atoms with van der Waals surface area (Å²) < 4.78 is 37.0. The molecule has 1 aromatic rings. The molecular weight excluding hydrogens is 264 g/mol. The second-order valence-corrected chi connectivity index (χ2v) is 4.86. The first-order valence-electron chi connectivity index (χ1n) is 5.64. The van der Waals surface area contributed by atoms with Gasteiger partial charge >= 0.3 is 0 Å². The Morgan fingerprint density at radius 2 is 2.00 bits per heavy atom. The van der Waals surface area contributed by atoms with Crippen molar-refractivity contribution in [3.8, 4) is 5.75 Å². The lowest BCUT2D eigenvalue weighted by molar-refractivity contribution is -0.0386. The SMILES string of the molecule is COC1CC(Oc2cc(Cl)nc(C(C)(F)F)c2)C1. The van der Waals surface area contributed by atoms with Crippen molar-refractivity contribution in [2.45, 2.75) is 37.9 Å². The molecule has 0 unspecified atom stereocenters. The molecule has 0 amide bonds. The highest BCUT2D eigenvalue weighted by Crippen LogP contribution is 2.32. The smallest absolute Gasteiger partial charge is 0.287 e. The van der Waals surface area contributed by atoms with E-state index in [1.807, 2.05) is 0 Å². The molecule has 18 heavy (non-hydrogen) atoms. The zero-order valence-corrected chi connectivity index (χ0v) is 10.9. The van der Waals surface area contributed by atoms with Gasteiger partial charge in [-0.25, -0.2) is 4.98 Å². The van der Waals surface area contributed by atoms with Gasteiger partial charge in [0, 0.05) is 39.0 Å². The summed E-state index contributed by atoms with van der Waals surface area (Å²) in [6.45, 7) is 0.778. The minimum Gasteiger partial charge on any atom is -0.490 e. The molecule has 1 saturated carbocycles. The van der Waals surface area contributed by atoms with Crippen LogP contribution >= 0.6 is 11.6 Å². The summed E-state index contributed by atoms with van der Waals surface area (Å²) in [4.78, 5) is 3.60.